The first-order valence-corrected chi connectivity index (χ1v) is 7.93. The minimum Gasteiger partial charge on any atom is -0.484 e. The molecular weight excluding hydrogens is 362 g/mol. The number of aromatic nitrogens is 1. The number of hydrazine groups is 1. The number of halogens is 1. The first-order chi connectivity index (χ1) is 11.0. The van der Waals surface area contributed by atoms with Gasteiger partial charge in [-0.05, 0) is 53.5 Å². The molecule has 2 aromatic rings. The van der Waals surface area contributed by atoms with E-state index in [1.165, 1.54) is 0 Å². The molecule has 0 spiro atoms. The first kappa shape index (κ1) is 17.1. The summed E-state index contributed by atoms with van der Waals surface area (Å²) in [7, 11) is 0. The molecule has 0 atom stereocenters. The fraction of sp³-hybridized carbons (Fsp3) is 0.250. The molecule has 2 rings (SSSR count). The normalized spacial score (nSPS) is 10.2. The van der Waals surface area contributed by atoms with Crippen molar-refractivity contribution in [3.05, 3.63) is 52.3 Å². The number of benzene rings is 1. The predicted octanol–water partition coefficient (Wildman–Crippen LogP) is 2.42. The maximum Gasteiger partial charge on any atom is 0.286 e. The van der Waals surface area contributed by atoms with Gasteiger partial charge in [0.2, 0.25) is 0 Å². The van der Waals surface area contributed by atoms with Gasteiger partial charge in [-0.15, -0.1) is 0 Å². The summed E-state index contributed by atoms with van der Waals surface area (Å²) in [6.45, 7) is 4.34. The Labute approximate surface area is 142 Å². The van der Waals surface area contributed by atoms with Crippen LogP contribution in [0, 0.1) is 6.92 Å². The van der Waals surface area contributed by atoms with Crippen molar-refractivity contribution in [3.63, 3.8) is 0 Å². The molecule has 0 fully saturated rings. The number of rotatable bonds is 5. The van der Waals surface area contributed by atoms with E-state index in [1.54, 1.807) is 22.9 Å². The van der Waals surface area contributed by atoms with Crippen LogP contribution in [-0.4, -0.2) is 23.0 Å². The van der Waals surface area contributed by atoms with Gasteiger partial charge < -0.3 is 9.30 Å². The van der Waals surface area contributed by atoms with Crippen LogP contribution in [-0.2, 0) is 11.3 Å². The van der Waals surface area contributed by atoms with Crippen LogP contribution >= 0.6 is 15.9 Å². The smallest absolute Gasteiger partial charge is 0.286 e. The molecule has 7 heteroatoms. The van der Waals surface area contributed by atoms with Gasteiger partial charge in [0.1, 0.15) is 11.4 Å². The molecule has 0 bridgehead atoms. The third kappa shape index (κ3) is 4.85. The quantitative estimate of drug-likeness (QED) is 0.783. The number of amides is 2. The van der Waals surface area contributed by atoms with Crippen molar-refractivity contribution in [2.24, 2.45) is 0 Å². The zero-order valence-electron chi connectivity index (χ0n) is 12.9. The summed E-state index contributed by atoms with van der Waals surface area (Å²) in [6.07, 6.45) is 1.80. The van der Waals surface area contributed by atoms with Gasteiger partial charge in [0.25, 0.3) is 11.8 Å². The predicted molar refractivity (Wildman–Crippen MR) is 90.1 cm³/mol. The molecule has 6 nitrogen and oxygen atoms in total. The van der Waals surface area contributed by atoms with Gasteiger partial charge in [0, 0.05) is 17.2 Å². The maximum absolute atomic E-state index is 12.1. The van der Waals surface area contributed by atoms with E-state index in [-0.39, 0.29) is 12.5 Å². The highest BCUT2D eigenvalue weighted by Crippen LogP contribution is 2.14. The van der Waals surface area contributed by atoms with Gasteiger partial charge >= 0.3 is 0 Å². The maximum atomic E-state index is 12.1. The lowest BCUT2D eigenvalue weighted by Crippen LogP contribution is -2.44. The van der Waals surface area contributed by atoms with Crippen molar-refractivity contribution in [3.8, 4) is 5.75 Å². The standard InChI is InChI=1S/C16H18BrN3O3/c1-3-20-9-12(17)8-14(20)16(22)19-18-15(21)10-23-13-6-4-5-11(2)7-13/h4-9H,3,10H2,1-2H3,(H,18,21)(H,19,22). The Morgan fingerprint density at radius 2 is 2.04 bits per heavy atom. The van der Waals surface area contributed by atoms with E-state index in [0.717, 1.165) is 10.0 Å². The van der Waals surface area contributed by atoms with Crippen molar-refractivity contribution in [2.75, 3.05) is 6.61 Å². The molecule has 0 radical (unpaired) electrons. The fourth-order valence-electron chi connectivity index (χ4n) is 2.01. The van der Waals surface area contributed by atoms with Crippen LogP contribution in [0.2, 0.25) is 0 Å². The van der Waals surface area contributed by atoms with E-state index in [2.05, 4.69) is 26.8 Å². The van der Waals surface area contributed by atoms with Crippen LogP contribution in [0.5, 0.6) is 5.75 Å². The third-order valence-electron chi connectivity index (χ3n) is 3.11. The molecule has 2 N–H and O–H groups in total. The van der Waals surface area contributed by atoms with E-state index < -0.39 is 5.91 Å². The number of hydrogen-bond donors (Lipinski definition) is 2. The summed E-state index contributed by atoms with van der Waals surface area (Å²) in [5, 5.41) is 0. The Morgan fingerprint density at radius 3 is 2.74 bits per heavy atom. The van der Waals surface area contributed by atoms with Crippen LogP contribution in [0.25, 0.3) is 0 Å². The number of nitrogens with one attached hydrogen (secondary N) is 2. The number of carbonyl (C=O) groups excluding carboxylic acids is 2. The number of aryl methyl sites for hydroxylation is 2. The molecule has 0 unspecified atom stereocenters. The molecular formula is C16H18BrN3O3. The summed E-state index contributed by atoms with van der Waals surface area (Å²) in [6, 6.07) is 9.07. The molecule has 0 aliphatic rings. The zero-order chi connectivity index (χ0) is 16.8. The molecule has 2 amide bonds. The van der Waals surface area contributed by atoms with Crippen molar-refractivity contribution in [2.45, 2.75) is 20.4 Å². The summed E-state index contributed by atoms with van der Waals surface area (Å²) in [5.74, 6) is -0.217. The van der Waals surface area contributed by atoms with Crippen molar-refractivity contribution in [1.29, 1.82) is 0 Å². The highest BCUT2D eigenvalue weighted by atomic mass is 79.9. The minimum absolute atomic E-state index is 0.178. The largest absolute Gasteiger partial charge is 0.484 e. The molecule has 0 saturated carbocycles. The average Bonchev–Trinajstić information content (AvgIpc) is 2.92. The van der Waals surface area contributed by atoms with Gasteiger partial charge in [-0.2, -0.15) is 0 Å². The van der Waals surface area contributed by atoms with Gasteiger partial charge in [0.15, 0.2) is 6.61 Å². The lowest BCUT2D eigenvalue weighted by molar-refractivity contribution is -0.123. The zero-order valence-corrected chi connectivity index (χ0v) is 14.5. The molecule has 0 saturated heterocycles. The number of ether oxygens (including phenoxy) is 1. The van der Waals surface area contributed by atoms with E-state index >= 15 is 0 Å². The molecule has 23 heavy (non-hydrogen) atoms. The summed E-state index contributed by atoms with van der Waals surface area (Å²) >= 11 is 3.32. The Hall–Kier alpha value is -2.28. The van der Waals surface area contributed by atoms with Crippen molar-refractivity contribution in [1.82, 2.24) is 15.4 Å². The molecule has 0 aliphatic carbocycles. The second kappa shape index (κ2) is 7.82. The molecule has 1 aromatic carbocycles. The topological polar surface area (TPSA) is 72.4 Å². The van der Waals surface area contributed by atoms with Gasteiger partial charge in [-0.3, -0.25) is 20.4 Å². The molecule has 1 heterocycles. The van der Waals surface area contributed by atoms with Crippen molar-refractivity contribution >= 4 is 27.7 Å². The van der Waals surface area contributed by atoms with Crippen LogP contribution < -0.4 is 15.6 Å². The van der Waals surface area contributed by atoms with Gasteiger partial charge in [0.05, 0.1) is 0 Å². The van der Waals surface area contributed by atoms with E-state index in [4.69, 9.17) is 4.74 Å². The number of carbonyl (C=O) groups is 2. The van der Waals surface area contributed by atoms with Crippen LogP contribution in [0.3, 0.4) is 0 Å². The second-order valence-corrected chi connectivity index (χ2v) is 5.85. The van der Waals surface area contributed by atoms with Crippen molar-refractivity contribution < 1.29 is 14.3 Å². The number of hydrogen-bond acceptors (Lipinski definition) is 3. The lowest BCUT2D eigenvalue weighted by atomic mass is 10.2. The monoisotopic (exact) mass is 379 g/mol. The molecule has 122 valence electrons. The summed E-state index contributed by atoms with van der Waals surface area (Å²) in [4.78, 5) is 23.8. The van der Waals surface area contributed by atoms with Crippen LogP contribution in [0.4, 0.5) is 0 Å². The average molecular weight is 380 g/mol. The Kier molecular flexibility index (Phi) is 5.81. The van der Waals surface area contributed by atoms with E-state index in [9.17, 15) is 9.59 Å². The molecule has 1 aromatic heterocycles. The molecule has 0 aliphatic heterocycles. The lowest BCUT2D eigenvalue weighted by Gasteiger charge is -2.10. The number of nitrogens with zero attached hydrogens (tertiary/aromatic N) is 1. The fourth-order valence-corrected chi connectivity index (χ4v) is 2.47. The summed E-state index contributed by atoms with van der Waals surface area (Å²) in [5.41, 5.74) is 6.21. The van der Waals surface area contributed by atoms with Gasteiger partial charge in [-0.1, -0.05) is 12.1 Å². The Morgan fingerprint density at radius 1 is 1.26 bits per heavy atom. The first-order valence-electron chi connectivity index (χ1n) is 7.14. The van der Waals surface area contributed by atoms with E-state index in [1.807, 2.05) is 32.0 Å². The van der Waals surface area contributed by atoms with E-state index in [0.29, 0.717) is 18.0 Å². The van der Waals surface area contributed by atoms with Crippen LogP contribution in [0.1, 0.15) is 23.0 Å². The minimum atomic E-state index is -0.437. The summed E-state index contributed by atoms with van der Waals surface area (Å²) < 4.78 is 7.94. The third-order valence-corrected chi connectivity index (χ3v) is 3.55. The Balaban J connectivity index is 1.83. The highest BCUT2D eigenvalue weighted by molar-refractivity contribution is 9.10. The second-order valence-electron chi connectivity index (χ2n) is 4.94. The Bertz CT molecular complexity index is 712. The van der Waals surface area contributed by atoms with Gasteiger partial charge in [-0.25, -0.2) is 0 Å². The SMILES string of the molecule is CCn1cc(Br)cc1C(=O)NNC(=O)COc1cccc(C)c1. The van der Waals surface area contributed by atoms with Crippen LogP contribution in [0.15, 0.2) is 41.0 Å². The highest BCUT2D eigenvalue weighted by Gasteiger charge is 2.13.